The van der Waals surface area contributed by atoms with E-state index in [1.54, 1.807) is 23.1 Å². The Morgan fingerprint density at radius 3 is 2.94 bits per heavy atom. The van der Waals surface area contributed by atoms with Crippen molar-refractivity contribution in [2.45, 2.75) is 31.2 Å². The summed E-state index contributed by atoms with van der Waals surface area (Å²) >= 11 is 3.19. The van der Waals surface area contributed by atoms with Crippen LogP contribution in [0.3, 0.4) is 0 Å². The average molecular weight is 274 g/mol. The van der Waals surface area contributed by atoms with Crippen molar-refractivity contribution in [3.63, 3.8) is 0 Å². The van der Waals surface area contributed by atoms with E-state index in [0.29, 0.717) is 12.4 Å². The standard InChI is InChI=1S/C11H18N2O2S2/c1-4-12-9(10(14)15-5-2)7-17-11-13-8(3)6-16-11/h6,9,12H,4-5,7H2,1-3H3. The topological polar surface area (TPSA) is 51.2 Å². The molecule has 96 valence electrons. The van der Waals surface area contributed by atoms with Crippen LogP contribution in [0.4, 0.5) is 0 Å². The average Bonchev–Trinajstić information content (AvgIpc) is 2.70. The first-order valence-corrected chi connectivity index (χ1v) is 7.48. The second kappa shape index (κ2) is 7.68. The minimum atomic E-state index is -0.255. The zero-order chi connectivity index (χ0) is 12.7. The van der Waals surface area contributed by atoms with Gasteiger partial charge in [0.2, 0.25) is 0 Å². The third kappa shape index (κ3) is 5.06. The fourth-order valence-corrected chi connectivity index (χ4v) is 3.17. The van der Waals surface area contributed by atoms with Crippen LogP contribution in [0.1, 0.15) is 19.5 Å². The van der Waals surface area contributed by atoms with Crippen molar-refractivity contribution < 1.29 is 9.53 Å². The molecule has 0 saturated heterocycles. The molecule has 0 bridgehead atoms. The van der Waals surface area contributed by atoms with Crippen LogP contribution < -0.4 is 5.32 Å². The third-order valence-electron chi connectivity index (χ3n) is 1.99. The highest BCUT2D eigenvalue weighted by Gasteiger charge is 2.19. The number of hydrogen-bond acceptors (Lipinski definition) is 6. The molecule has 1 aromatic heterocycles. The summed E-state index contributed by atoms with van der Waals surface area (Å²) in [5.41, 5.74) is 1.02. The Balaban J connectivity index is 2.46. The van der Waals surface area contributed by atoms with E-state index < -0.39 is 0 Å². The second-order valence-electron chi connectivity index (χ2n) is 3.43. The normalized spacial score (nSPS) is 12.4. The SMILES string of the molecule is CCNC(CSc1nc(C)cs1)C(=O)OCC. The maximum atomic E-state index is 11.6. The molecular weight excluding hydrogens is 256 g/mol. The van der Waals surface area contributed by atoms with Gasteiger partial charge in [-0.2, -0.15) is 0 Å². The first-order chi connectivity index (χ1) is 8.17. The molecule has 0 aliphatic heterocycles. The van der Waals surface area contributed by atoms with Crippen LogP contribution in [0.2, 0.25) is 0 Å². The number of esters is 1. The Morgan fingerprint density at radius 2 is 2.41 bits per heavy atom. The lowest BCUT2D eigenvalue weighted by molar-refractivity contribution is -0.144. The van der Waals surface area contributed by atoms with Crippen LogP contribution in [-0.2, 0) is 9.53 Å². The van der Waals surface area contributed by atoms with E-state index in [2.05, 4.69) is 10.3 Å². The van der Waals surface area contributed by atoms with Gasteiger partial charge in [0.05, 0.1) is 6.61 Å². The summed E-state index contributed by atoms with van der Waals surface area (Å²) in [7, 11) is 0. The Morgan fingerprint density at radius 1 is 1.65 bits per heavy atom. The second-order valence-corrected chi connectivity index (χ2v) is 5.55. The first-order valence-electron chi connectivity index (χ1n) is 5.62. The molecule has 6 heteroatoms. The fourth-order valence-electron chi connectivity index (χ4n) is 1.25. The highest BCUT2D eigenvalue weighted by Crippen LogP contribution is 2.23. The van der Waals surface area contributed by atoms with Crippen molar-refractivity contribution in [1.29, 1.82) is 0 Å². The van der Waals surface area contributed by atoms with Gasteiger partial charge in [0.25, 0.3) is 0 Å². The summed E-state index contributed by atoms with van der Waals surface area (Å²) in [6, 6.07) is -0.255. The van der Waals surface area contributed by atoms with E-state index in [0.717, 1.165) is 16.6 Å². The third-order valence-corrected chi connectivity index (χ3v) is 4.23. The summed E-state index contributed by atoms with van der Waals surface area (Å²) in [5.74, 6) is 0.467. The van der Waals surface area contributed by atoms with Gasteiger partial charge in [0, 0.05) is 16.8 Å². The van der Waals surface area contributed by atoms with Crippen molar-refractivity contribution in [2.24, 2.45) is 0 Å². The van der Waals surface area contributed by atoms with Gasteiger partial charge in [-0.25, -0.2) is 4.98 Å². The van der Waals surface area contributed by atoms with E-state index in [1.165, 1.54) is 0 Å². The minimum Gasteiger partial charge on any atom is -0.465 e. The highest BCUT2D eigenvalue weighted by molar-refractivity contribution is 8.01. The van der Waals surface area contributed by atoms with E-state index >= 15 is 0 Å². The number of thioether (sulfide) groups is 1. The number of rotatable bonds is 7. The summed E-state index contributed by atoms with van der Waals surface area (Å²) < 4.78 is 6.01. The maximum absolute atomic E-state index is 11.6. The lowest BCUT2D eigenvalue weighted by atomic mass is 10.3. The Hall–Kier alpha value is -0.590. The van der Waals surface area contributed by atoms with Crippen LogP contribution in [0.5, 0.6) is 0 Å². The molecule has 1 aromatic rings. The van der Waals surface area contributed by atoms with Crippen LogP contribution in [0.15, 0.2) is 9.72 Å². The molecule has 1 heterocycles. The highest BCUT2D eigenvalue weighted by atomic mass is 32.2. The number of nitrogens with zero attached hydrogens (tertiary/aromatic N) is 1. The minimum absolute atomic E-state index is 0.185. The van der Waals surface area contributed by atoms with Gasteiger partial charge in [-0.15, -0.1) is 11.3 Å². The van der Waals surface area contributed by atoms with Gasteiger partial charge < -0.3 is 10.1 Å². The zero-order valence-electron chi connectivity index (χ0n) is 10.4. The predicted octanol–water partition coefficient (Wildman–Crippen LogP) is 2.08. The molecule has 1 rings (SSSR count). The summed E-state index contributed by atoms with van der Waals surface area (Å²) in [6.45, 7) is 6.93. The van der Waals surface area contributed by atoms with Gasteiger partial charge in [0.1, 0.15) is 10.4 Å². The molecular formula is C11H18N2O2S2. The number of aromatic nitrogens is 1. The molecule has 4 nitrogen and oxygen atoms in total. The number of thiazole rings is 1. The molecule has 0 saturated carbocycles. The Labute approximate surface area is 110 Å². The molecule has 0 aliphatic carbocycles. The smallest absolute Gasteiger partial charge is 0.323 e. The van der Waals surface area contributed by atoms with Crippen molar-refractivity contribution in [2.75, 3.05) is 18.9 Å². The fraction of sp³-hybridized carbons (Fsp3) is 0.636. The molecule has 0 aliphatic rings. The molecule has 0 amide bonds. The van der Waals surface area contributed by atoms with Gasteiger partial charge in [-0.05, 0) is 20.4 Å². The van der Waals surface area contributed by atoms with Gasteiger partial charge in [0.15, 0.2) is 0 Å². The lowest BCUT2D eigenvalue weighted by Gasteiger charge is -2.14. The molecule has 0 spiro atoms. The molecule has 0 aromatic carbocycles. The van der Waals surface area contributed by atoms with E-state index in [-0.39, 0.29) is 12.0 Å². The molecule has 0 fully saturated rings. The first kappa shape index (κ1) is 14.5. The van der Waals surface area contributed by atoms with E-state index in [1.807, 2.05) is 26.2 Å². The maximum Gasteiger partial charge on any atom is 0.323 e. The summed E-state index contributed by atoms with van der Waals surface area (Å²) in [5, 5.41) is 5.13. The molecule has 0 radical (unpaired) electrons. The van der Waals surface area contributed by atoms with Crippen molar-refractivity contribution >= 4 is 29.1 Å². The number of likely N-dealkylation sites (N-methyl/N-ethyl adjacent to an activating group) is 1. The van der Waals surface area contributed by atoms with Crippen molar-refractivity contribution in [1.82, 2.24) is 10.3 Å². The van der Waals surface area contributed by atoms with Gasteiger partial charge in [-0.3, -0.25) is 4.79 Å². The van der Waals surface area contributed by atoms with Gasteiger partial charge in [-0.1, -0.05) is 18.7 Å². The number of carbonyl (C=O) groups is 1. The predicted molar refractivity (Wildman–Crippen MR) is 71.7 cm³/mol. The van der Waals surface area contributed by atoms with Gasteiger partial charge >= 0.3 is 5.97 Å². The number of carbonyl (C=O) groups excluding carboxylic acids is 1. The van der Waals surface area contributed by atoms with Crippen LogP contribution >= 0.6 is 23.1 Å². The molecule has 17 heavy (non-hydrogen) atoms. The van der Waals surface area contributed by atoms with Crippen LogP contribution in [-0.4, -0.2) is 35.9 Å². The number of hydrogen-bond donors (Lipinski definition) is 1. The quantitative estimate of drug-likeness (QED) is 0.609. The van der Waals surface area contributed by atoms with Crippen molar-refractivity contribution in [3.8, 4) is 0 Å². The summed E-state index contributed by atoms with van der Waals surface area (Å²) in [4.78, 5) is 16.0. The van der Waals surface area contributed by atoms with E-state index in [9.17, 15) is 4.79 Å². The van der Waals surface area contributed by atoms with Crippen LogP contribution in [0.25, 0.3) is 0 Å². The van der Waals surface area contributed by atoms with Crippen LogP contribution in [0, 0.1) is 6.92 Å². The largest absolute Gasteiger partial charge is 0.465 e. The summed E-state index contributed by atoms with van der Waals surface area (Å²) in [6.07, 6.45) is 0. The number of aryl methyl sites for hydroxylation is 1. The molecule has 1 atom stereocenters. The molecule has 1 unspecified atom stereocenters. The molecule has 1 N–H and O–H groups in total. The Bertz CT molecular complexity index is 355. The number of ether oxygens (including phenoxy) is 1. The zero-order valence-corrected chi connectivity index (χ0v) is 12.0. The monoisotopic (exact) mass is 274 g/mol. The van der Waals surface area contributed by atoms with Crippen molar-refractivity contribution in [3.05, 3.63) is 11.1 Å². The lowest BCUT2D eigenvalue weighted by Crippen LogP contribution is -2.40. The number of nitrogens with one attached hydrogen (secondary N) is 1. The Kier molecular flexibility index (Phi) is 6.54. The van der Waals surface area contributed by atoms with E-state index in [4.69, 9.17) is 4.74 Å².